The van der Waals surface area contributed by atoms with Crippen LogP contribution in [-0.4, -0.2) is 48.1 Å². The average Bonchev–Trinajstić information content (AvgIpc) is 2.62. The molecule has 1 amide bonds. The Balaban J connectivity index is 0.00000196. The zero-order chi connectivity index (χ0) is 17.5. The molecule has 26 heavy (non-hydrogen) atoms. The number of nitrogens with zero attached hydrogens (tertiary/aromatic N) is 2. The van der Waals surface area contributed by atoms with Crippen molar-refractivity contribution in [3.8, 4) is 0 Å². The molecule has 0 radical (unpaired) electrons. The Morgan fingerprint density at radius 2 is 1.62 bits per heavy atom. The second-order valence-corrected chi connectivity index (χ2v) is 7.96. The fourth-order valence-electron chi connectivity index (χ4n) is 4.03. The van der Waals surface area contributed by atoms with E-state index in [4.69, 9.17) is 0 Å². The SMILES string of the molecule is C[N+]1(C)CCC2(CC1)Nc1ccccc1C(=O)N2Cc1ccccc1.[I-]. The molecule has 2 aliphatic heterocycles. The van der Waals surface area contributed by atoms with Crippen molar-refractivity contribution in [1.29, 1.82) is 0 Å². The van der Waals surface area contributed by atoms with E-state index in [0.717, 1.165) is 41.7 Å². The molecule has 0 bridgehead atoms. The highest BCUT2D eigenvalue weighted by Gasteiger charge is 2.48. The number of quaternary nitrogens is 1. The molecule has 5 heteroatoms. The van der Waals surface area contributed by atoms with Crippen molar-refractivity contribution in [2.75, 3.05) is 32.5 Å². The van der Waals surface area contributed by atoms with Crippen molar-refractivity contribution in [2.45, 2.75) is 25.0 Å². The van der Waals surface area contributed by atoms with E-state index in [2.05, 4.69) is 36.4 Å². The summed E-state index contributed by atoms with van der Waals surface area (Å²) < 4.78 is 1.01. The molecule has 1 saturated heterocycles. The van der Waals surface area contributed by atoms with Gasteiger partial charge >= 0.3 is 0 Å². The van der Waals surface area contributed by atoms with Crippen molar-refractivity contribution in [3.63, 3.8) is 0 Å². The lowest BCUT2D eigenvalue weighted by atomic mass is 9.88. The van der Waals surface area contributed by atoms with Crippen molar-refractivity contribution >= 4 is 11.6 Å². The van der Waals surface area contributed by atoms with Gasteiger partial charge in [-0.3, -0.25) is 4.79 Å². The lowest BCUT2D eigenvalue weighted by molar-refractivity contribution is -0.896. The molecule has 138 valence electrons. The van der Waals surface area contributed by atoms with Gasteiger partial charge in [-0.25, -0.2) is 0 Å². The number of hydrogen-bond donors (Lipinski definition) is 1. The van der Waals surface area contributed by atoms with E-state index >= 15 is 0 Å². The highest BCUT2D eigenvalue weighted by atomic mass is 127. The minimum atomic E-state index is -0.283. The average molecular weight is 463 g/mol. The van der Waals surface area contributed by atoms with Crippen molar-refractivity contribution < 1.29 is 33.3 Å². The van der Waals surface area contributed by atoms with Gasteiger partial charge in [0.1, 0.15) is 5.66 Å². The first-order valence-corrected chi connectivity index (χ1v) is 9.04. The second-order valence-electron chi connectivity index (χ2n) is 7.96. The molecule has 0 saturated carbocycles. The van der Waals surface area contributed by atoms with Gasteiger partial charge in [0.15, 0.2) is 0 Å². The van der Waals surface area contributed by atoms with Gasteiger partial charge < -0.3 is 38.7 Å². The van der Waals surface area contributed by atoms with Crippen LogP contribution in [0.15, 0.2) is 54.6 Å². The molecule has 4 rings (SSSR count). The normalized spacial score (nSPS) is 20.1. The van der Waals surface area contributed by atoms with Gasteiger partial charge in [-0.05, 0) is 17.7 Å². The van der Waals surface area contributed by atoms with E-state index in [1.54, 1.807) is 0 Å². The monoisotopic (exact) mass is 463 g/mol. The number of piperidine rings is 1. The van der Waals surface area contributed by atoms with Crippen LogP contribution >= 0.6 is 0 Å². The van der Waals surface area contributed by atoms with E-state index in [0.29, 0.717) is 6.54 Å². The minimum absolute atomic E-state index is 0. The molecule has 1 fully saturated rings. The lowest BCUT2D eigenvalue weighted by Crippen LogP contribution is -3.00. The number of para-hydroxylation sites is 1. The van der Waals surface area contributed by atoms with E-state index in [-0.39, 0.29) is 35.5 Å². The first kappa shape index (κ1) is 19.2. The fourth-order valence-corrected chi connectivity index (χ4v) is 4.03. The number of fused-ring (bicyclic) bond motifs is 1. The Kier molecular flexibility index (Phi) is 5.30. The van der Waals surface area contributed by atoms with Crippen LogP contribution in [0.2, 0.25) is 0 Å². The number of benzene rings is 2. The van der Waals surface area contributed by atoms with Crippen LogP contribution in [0.3, 0.4) is 0 Å². The molecule has 1 N–H and O–H groups in total. The van der Waals surface area contributed by atoms with Gasteiger partial charge in [-0.15, -0.1) is 0 Å². The maximum atomic E-state index is 13.3. The third kappa shape index (κ3) is 3.47. The highest BCUT2D eigenvalue weighted by Crippen LogP contribution is 2.39. The van der Waals surface area contributed by atoms with Crippen LogP contribution in [0.1, 0.15) is 28.8 Å². The Morgan fingerprint density at radius 1 is 1.00 bits per heavy atom. The van der Waals surface area contributed by atoms with Crippen LogP contribution in [0.5, 0.6) is 0 Å². The lowest BCUT2D eigenvalue weighted by Gasteiger charge is -2.53. The molecule has 0 unspecified atom stereocenters. The van der Waals surface area contributed by atoms with Crippen LogP contribution in [0.25, 0.3) is 0 Å². The molecular formula is C21H26IN3O. The van der Waals surface area contributed by atoms with Crippen molar-refractivity contribution in [1.82, 2.24) is 4.90 Å². The summed E-state index contributed by atoms with van der Waals surface area (Å²) in [7, 11) is 4.54. The minimum Gasteiger partial charge on any atom is -1.00 e. The Hall–Kier alpha value is -1.60. The number of carbonyl (C=O) groups is 1. The van der Waals surface area contributed by atoms with Crippen LogP contribution in [0.4, 0.5) is 5.69 Å². The van der Waals surface area contributed by atoms with E-state index in [9.17, 15) is 4.79 Å². The zero-order valence-corrected chi connectivity index (χ0v) is 17.6. The summed E-state index contributed by atoms with van der Waals surface area (Å²) in [5.41, 5.74) is 2.65. The molecule has 2 heterocycles. The maximum absolute atomic E-state index is 13.3. The topological polar surface area (TPSA) is 32.3 Å². The molecule has 2 aliphatic rings. The Bertz CT molecular complexity index is 781. The number of nitrogens with one attached hydrogen (secondary N) is 1. The van der Waals surface area contributed by atoms with Crippen LogP contribution in [-0.2, 0) is 6.54 Å². The number of likely N-dealkylation sites (tertiary alicyclic amines) is 1. The van der Waals surface area contributed by atoms with Gasteiger partial charge in [-0.2, -0.15) is 0 Å². The predicted molar refractivity (Wildman–Crippen MR) is 100 cm³/mol. The van der Waals surface area contributed by atoms with Crippen molar-refractivity contribution in [2.24, 2.45) is 0 Å². The number of rotatable bonds is 2. The van der Waals surface area contributed by atoms with Gasteiger partial charge in [0, 0.05) is 25.1 Å². The molecule has 0 aliphatic carbocycles. The molecule has 4 nitrogen and oxygen atoms in total. The summed E-state index contributed by atoms with van der Waals surface area (Å²) in [5.74, 6) is 0.144. The van der Waals surface area contributed by atoms with Gasteiger partial charge in [0.05, 0.1) is 32.7 Å². The Morgan fingerprint density at radius 3 is 2.31 bits per heavy atom. The zero-order valence-electron chi connectivity index (χ0n) is 15.4. The predicted octanol–water partition coefficient (Wildman–Crippen LogP) is 0.325. The summed E-state index contributed by atoms with van der Waals surface area (Å²) in [6, 6.07) is 18.2. The Labute approximate surface area is 172 Å². The third-order valence-corrected chi connectivity index (χ3v) is 5.73. The molecule has 0 atom stereocenters. The maximum Gasteiger partial charge on any atom is 0.258 e. The number of hydrogen-bond acceptors (Lipinski definition) is 2. The summed E-state index contributed by atoms with van der Waals surface area (Å²) in [4.78, 5) is 15.4. The summed E-state index contributed by atoms with van der Waals surface area (Å²) in [6.07, 6.45) is 1.93. The van der Waals surface area contributed by atoms with E-state index in [1.807, 2.05) is 42.5 Å². The van der Waals surface area contributed by atoms with E-state index < -0.39 is 0 Å². The second kappa shape index (κ2) is 7.19. The van der Waals surface area contributed by atoms with Gasteiger partial charge in [-0.1, -0.05) is 42.5 Å². The van der Waals surface area contributed by atoms with Crippen molar-refractivity contribution in [3.05, 3.63) is 65.7 Å². The summed E-state index contributed by atoms with van der Waals surface area (Å²) in [5, 5.41) is 3.75. The molecule has 0 aromatic heterocycles. The van der Waals surface area contributed by atoms with Crippen LogP contribution in [0, 0.1) is 0 Å². The van der Waals surface area contributed by atoms with Gasteiger partial charge in [0.2, 0.25) is 0 Å². The number of anilines is 1. The molecular weight excluding hydrogens is 437 g/mol. The largest absolute Gasteiger partial charge is 1.00 e. The standard InChI is InChI=1S/C21H25N3O.HI/c1-24(2)14-12-21(13-15-24)22-19-11-7-6-10-18(19)20(25)23(21)16-17-8-4-3-5-9-17;/h3-11H,12-16H2,1-2H3;1H. The third-order valence-electron chi connectivity index (χ3n) is 5.73. The number of halogens is 1. The number of carbonyl (C=O) groups excluding carboxylic acids is 1. The van der Waals surface area contributed by atoms with Gasteiger partial charge in [0.25, 0.3) is 5.91 Å². The molecule has 2 aromatic rings. The first-order valence-electron chi connectivity index (χ1n) is 9.04. The smallest absolute Gasteiger partial charge is 0.258 e. The quantitative estimate of drug-likeness (QED) is 0.515. The highest BCUT2D eigenvalue weighted by molar-refractivity contribution is 6.02. The molecule has 1 spiro atoms. The fraction of sp³-hybridized carbons (Fsp3) is 0.381. The number of amides is 1. The molecule has 2 aromatic carbocycles. The first-order chi connectivity index (χ1) is 12.0. The summed E-state index contributed by atoms with van der Waals surface area (Å²) in [6.45, 7) is 2.77. The van der Waals surface area contributed by atoms with E-state index in [1.165, 1.54) is 5.56 Å². The van der Waals surface area contributed by atoms with Crippen LogP contribution < -0.4 is 29.3 Å². The summed E-state index contributed by atoms with van der Waals surface area (Å²) >= 11 is 0.